The predicted octanol–water partition coefficient (Wildman–Crippen LogP) is 3.39. The maximum Gasteiger partial charge on any atom is 0.163 e. The number of aromatic hydroxyl groups is 4. The van der Waals surface area contributed by atoms with Crippen molar-refractivity contribution in [2.75, 3.05) is 6.61 Å². The van der Waals surface area contributed by atoms with Crippen molar-refractivity contribution in [3.8, 4) is 23.0 Å². The van der Waals surface area contributed by atoms with Crippen molar-refractivity contribution in [1.82, 2.24) is 0 Å². The number of ether oxygens (including phenoxy) is 1. The van der Waals surface area contributed by atoms with Gasteiger partial charge < -0.3 is 30.3 Å². The fourth-order valence-electron chi connectivity index (χ4n) is 2.77. The molecule has 7 nitrogen and oxygen atoms in total. The molecule has 0 aliphatic rings. The molecule has 7 heteroatoms. The number of phenols is 4. The lowest BCUT2D eigenvalue weighted by Crippen LogP contribution is -2.23. The van der Waals surface area contributed by atoms with Crippen LogP contribution in [0.5, 0.6) is 23.0 Å². The van der Waals surface area contributed by atoms with Crippen LogP contribution < -0.4 is 0 Å². The molecule has 2 aromatic carbocycles. The van der Waals surface area contributed by atoms with Gasteiger partial charge in [0.15, 0.2) is 28.8 Å². The van der Waals surface area contributed by atoms with E-state index in [0.29, 0.717) is 12.2 Å². The van der Waals surface area contributed by atoms with Crippen LogP contribution in [0.4, 0.5) is 0 Å². The van der Waals surface area contributed by atoms with E-state index in [9.17, 15) is 30.3 Å². The van der Waals surface area contributed by atoms with Gasteiger partial charge in [0.2, 0.25) is 0 Å². The first-order valence-electron chi connectivity index (χ1n) is 9.20. The smallest absolute Gasteiger partial charge is 0.163 e. The van der Waals surface area contributed by atoms with Gasteiger partial charge in [-0.3, -0.25) is 4.79 Å². The summed E-state index contributed by atoms with van der Waals surface area (Å²) in [6.45, 7) is 2.41. The third-order valence-electron chi connectivity index (χ3n) is 4.44. The van der Waals surface area contributed by atoms with Gasteiger partial charge >= 0.3 is 0 Å². The molecule has 2 rings (SSSR count). The van der Waals surface area contributed by atoms with E-state index in [1.807, 2.05) is 6.92 Å². The zero-order valence-corrected chi connectivity index (χ0v) is 15.7. The van der Waals surface area contributed by atoms with Crippen molar-refractivity contribution in [3.05, 3.63) is 47.5 Å². The highest BCUT2D eigenvalue weighted by molar-refractivity contribution is 5.96. The molecule has 0 saturated heterocycles. The van der Waals surface area contributed by atoms with Gasteiger partial charge in [0.05, 0.1) is 6.10 Å². The number of carbonyl (C=O) groups is 1. The number of Topliss-reactive ketones (excluding diaryl/α,β-unsaturated/α-hetero) is 1. The monoisotopic (exact) mass is 390 g/mol. The summed E-state index contributed by atoms with van der Waals surface area (Å²) in [5, 5.41) is 48.7. The van der Waals surface area contributed by atoms with Crippen molar-refractivity contribution < 1.29 is 35.1 Å². The molecule has 0 aliphatic carbocycles. The number of hydrogen-bond donors (Lipinski definition) is 5. The van der Waals surface area contributed by atoms with Gasteiger partial charge in [0, 0.05) is 18.6 Å². The standard InChI is InChI=1S/C21H26O7/c1-2-3-10-28-21(14-5-7-17(24)20(27)12-14)18(25)9-8-15(22)13-4-6-16(23)19(26)11-13/h4-7,11-12,18,21,23-27H,2-3,8-10H2,1H3. The third kappa shape index (κ3) is 5.61. The van der Waals surface area contributed by atoms with Crippen LogP contribution in [0, 0.1) is 0 Å². The maximum atomic E-state index is 12.3. The second-order valence-corrected chi connectivity index (χ2v) is 6.63. The molecule has 0 saturated carbocycles. The van der Waals surface area contributed by atoms with E-state index < -0.39 is 12.2 Å². The molecule has 0 aliphatic heterocycles. The second kappa shape index (κ2) is 9.96. The summed E-state index contributed by atoms with van der Waals surface area (Å²) < 4.78 is 5.77. The highest BCUT2D eigenvalue weighted by Gasteiger charge is 2.24. The van der Waals surface area contributed by atoms with Gasteiger partial charge in [0.1, 0.15) is 6.10 Å². The number of aliphatic hydroxyl groups excluding tert-OH is 1. The van der Waals surface area contributed by atoms with Crippen molar-refractivity contribution in [2.24, 2.45) is 0 Å². The summed E-state index contributed by atoms with van der Waals surface area (Å²) in [6.07, 6.45) is 0.0162. The Balaban J connectivity index is 2.08. The van der Waals surface area contributed by atoms with Gasteiger partial charge in [-0.05, 0) is 48.7 Å². The summed E-state index contributed by atoms with van der Waals surface area (Å²) >= 11 is 0. The Morgan fingerprint density at radius 2 is 1.61 bits per heavy atom. The Bertz CT molecular complexity index is 803. The summed E-state index contributed by atoms with van der Waals surface area (Å²) in [4.78, 5) is 12.3. The van der Waals surface area contributed by atoms with E-state index in [4.69, 9.17) is 4.74 Å². The topological polar surface area (TPSA) is 127 Å². The zero-order valence-electron chi connectivity index (χ0n) is 15.7. The summed E-state index contributed by atoms with van der Waals surface area (Å²) in [7, 11) is 0. The Morgan fingerprint density at radius 3 is 2.21 bits per heavy atom. The Kier molecular flexibility index (Phi) is 7.66. The maximum absolute atomic E-state index is 12.3. The molecule has 0 heterocycles. The lowest BCUT2D eigenvalue weighted by molar-refractivity contribution is -0.0434. The fraction of sp³-hybridized carbons (Fsp3) is 0.381. The third-order valence-corrected chi connectivity index (χ3v) is 4.44. The van der Waals surface area contributed by atoms with Crippen LogP contribution in [0.25, 0.3) is 0 Å². The molecule has 0 fully saturated rings. The minimum absolute atomic E-state index is 0.00306. The molecule has 28 heavy (non-hydrogen) atoms. The fourth-order valence-corrected chi connectivity index (χ4v) is 2.77. The molecule has 2 aromatic rings. The van der Waals surface area contributed by atoms with Crippen molar-refractivity contribution >= 4 is 5.78 Å². The zero-order chi connectivity index (χ0) is 20.7. The van der Waals surface area contributed by atoms with E-state index in [2.05, 4.69) is 0 Å². The number of benzene rings is 2. The average molecular weight is 390 g/mol. The van der Waals surface area contributed by atoms with Crippen molar-refractivity contribution in [2.45, 2.75) is 44.8 Å². The van der Waals surface area contributed by atoms with Crippen LogP contribution in [-0.2, 0) is 4.74 Å². The van der Waals surface area contributed by atoms with Crippen LogP contribution in [0.3, 0.4) is 0 Å². The molecule has 0 bridgehead atoms. The largest absolute Gasteiger partial charge is 0.504 e. The van der Waals surface area contributed by atoms with Gasteiger partial charge in [-0.15, -0.1) is 0 Å². The lowest BCUT2D eigenvalue weighted by Gasteiger charge is -2.24. The number of carbonyl (C=O) groups excluding carboxylic acids is 1. The Labute approximate surface area is 163 Å². The molecular formula is C21H26O7. The Hall–Kier alpha value is -2.77. The number of hydrogen-bond acceptors (Lipinski definition) is 7. The first kappa shape index (κ1) is 21.5. The van der Waals surface area contributed by atoms with Crippen LogP contribution in [0.2, 0.25) is 0 Å². The minimum atomic E-state index is -1.02. The highest BCUT2D eigenvalue weighted by Crippen LogP contribution is 2.32. The normalized spacial score (nSPS) is 13.2. The van der Waals surface area contributed by atoms with Crippen LogP contribution in [0.1, 0.15) is 54.6 Å². The van der Waals surface area contributed by atoms with E-state index >= 15 is 0 Å². The second-order valence-electron chi connectivity index (χ2n) is 6.63. The molecule has 5 N–H and O–H groups in total. The molecule has 0 spiro atoms. The van der Waals surface area contributed by atoms with Crippen LogP contribution >= 0.6 is 0 Å². The van der Waals surface area contributed by atoms with Crippen molar-refractivity contribution in [1.29, 1.82) is 0 Å². The first-order chi connectivity index (χ1) is 13.3. The number of rotatable bonds is 10. The molecular weight excluding hydrogens is 364 g/mol. The lowest BCUT2D eigenvalue weighted by atomic mass is 9.97. The summed E-state index contributed by atoms with van der Waals surface area (Å²) in [5.41, 5.74) is 0.724. The number of phenolic OH excluding ortho intramolecular Hbond substituents is 4. The minimum Gasteiger partial charge on any atom is -0.504 e. The van der Waals surface area contributed by atoms with Crippen molar-refractivity contribution in [3.63, 3.8) is 0 Å². The molecule has 2 atom stereocenters. The molecule has 2 unspecified atom stereocenters. The molecule has 0 aromatic heterocycles. The van der Waals surface area contributed by atoms with Gasteiger partial charge in [-0.2, -0.15) is 0 Å². The number of aliphatic hydroxyl groups is 1. The first-order valence-corrected chi connectivity index (χ1v) is 9.20. The number of unbranched alkanes of at least 4 members (excludes halogenated alkanes) is 1. The summed E-state index contributed by atoms with van der Waals surface area (Å²) in [5.74, 6) is -1.58. The molecule has 0 amide bonds. The SMILES string of the molecule is CCCCOC(c1ccc(O)c(O)c1)C(O)CCC(=O)c1ccc(O)c(O)c1. The van der Waals surface area contributed by atoms with E-state index in [-0.39, 0.29) is 47.2 Å². The number of ketones is 1. The molecule has 152 valence electrons. The quantitative estimate of drug-likeness (QED) is 0.239. The predicted molar refractivity (Wildman–Crippen MR) is 103 cm³/mol. The average Bonchev–Trinajstić information content (AvgIpc) is 2.67. The Morgan fingerprint density at radius 1 is 0.964 bits per heavy atom. The van der Waals surface area contributed by atoms with Crippen LogP contribution in [-0.4, -0.2) is 44.0 Å². The molecule has 0 radical (unpaired) electrons. The highest BCUT2D eigenvalue weighted by atomic mass is 16.5. The van der Waals surface area contributed by atoms with Gasteiger partial charge in [0.25, 0.3) is 0 Å². The summed E-state index contributed by atoms with van der Waals surface area (Å²) in [6, 6.07) is 8.00. The van der Waals surface area contributed by atoms with Crippen LogP contribution in [0.15, 0.2) is 36.4 Å². The van der Waals surface area contributed by atoms with E-state index in [1.54, 1.807) is 6.07 Å². The van der Waals surface area contributed by atoms with Gasteiger partial charge in [-0.25, -0.2) is 0 Å². The van der Waals surface area contributed by atoms with E-state index in [1.165, 1.54) is 30.3 Å². The van der Waals surface area contributed by atoms with E-state index in [0.717, 1.165) is 12.8 Å². The van der Waals surface area contributed by atoms with Gasteiger partial charge in [-0.1, -0.05) is 19.4 Å².